The maximum Gasteiger partial charge on any atom is 0.237 e. The lowest BCUT2D eigenvalue weighted by Gasteiger charge is -2.27. The number of hydrogen-bond acceptors (Lipinski definition) is 2. The van der Waals surface area contributed by atoms with Crippen LogP contribution >= 0.6 is 0 Å². The summed E-state index contributed by atoms with van der Waals surface area (Å²) in [5, 5.41) is 3.03. The maximum atomic E-state index is 11.5. The summed E-state index contributed by atoms with van der Waals surface area (Å²) in [4.78, 5) is 11.5. The van der Waals surface area contributed by atoms with E-state index in [9.17, 15) is 4.79 Å². The number of nitrogens with two attached hydrogens (primary N) is 1. The first-order valence-electron chi connectivity index (χ1n) is 5.69. The van der Waals surface area contributed by atoms with Crippen LogP contribution in [0.5, 0.6) is 0 Å². The first kappa shape index (κ1) is 11.5. The van der Waals surface area contributed by atoms with Gasteiger partial charge < -0.3 is 11.1 Å². The van der Waals surface area contributed by atoms with E-state index in [1.54, 1.807) is 0 Å². The summed E-state index contributed by atoms with van der Waals surface area (Å²) in [6, 6.07) is 0.0469. The summed E-state index contributed by atoms with van der Waals surface area (Å²) >= 11 is 0. The smallest absolute Gasteiger partial charge is 0.237 e. The van der Waals surface area contributed by atoms with Gasteiger partial charge in [-0.2, -0.15) is 0 Å². The SMILES string of the molecule is CCC(N)C(=O)NC1CCC(C)CC1. The molecule has 0 aromatic rings. The zero-order valence-electron chi connectivity index (χ0n) is 9.25. The largest absolute Gasteiger partial charge is 0.352 e. The van der Waals surface area contributed by atoms with Gasteiger partial charge in [-0.3, -0.25) is 4.79 Å². The Hall–Kier alpha value is -0.570. The Kier molecular flexibility index (Phi) is 4.39. The highest BCUT2D eigenvalue weighted by Gasteiger charge is 2.21. The van der Waals surface area contributed by atoms with E-state index in [1.165, 1.54) is 12.8 Å². The van der Waals surface area contributed by atoms with Crippen molar-refractivity contribution in [1.82, 2.24) is 5.32 Å². The van der Waals surface area contributed by atoms with Crippen LogP contribution < -0.4 is 11.1 Å². The highest BCUT2D eigenvalue weighted by atomic mass is 16.2. The molecule has 0 aliphatic heterocycles. The van der Waals surface area contributed by atoms with E-state index >= 15 is 0 Å². The molecule has 1 unspecified atom stereocenters. The third-order valence-corrected chi connectivity index (χ3v) is 3.14. The molecule has 0 aromatic carbocycles. The first-order valence-corrected chi connectivity index (χ1v) is 5.69. The molecule has 0 spiro atoms. The molecule has 1 atom stereocenters. The van der Waals surface area contributed by atoms with Crippen molar-refractivity contribution >= 4 is 5.91 Å². The van der Waals surface area contributed by atoms with Crippen molar-refractivity contribution in [2.75, 3.05) is 0 Å². The molecule has 0 bridgehead atoms. The molecule has 3 nitrogen and oxygen atoms in total. The zero-order valence-corrected chi connectivity index (χ0v) is 9.25. The first-order chi connectivity index (χ1) is 6.63. The second-order valence-corrected chi connectivity index (χ2v) is 4.48. The van der Waals surface area contributed by atoms with Crippen LogP contribution in [0.15, 0.2) is 0 Å². The molecule has 1 fully saturated rings. The number of carbonyl (C=O) groups excluding carboxylic acids is 1. The van der Waals surface area contributed by atoms with Crippen molar-refractivity contribution in [2.45, 2.75) is 58.0 Å². The third kappa shape index (κ3) is 3.29. The van der Waals surface area contributed by atoms with Gasteiger partial charge in [0.25, 0.3) is 0 Å². The minimum absolute atomic E-state index is 0.0204. The van der Waals surface area contributed by atoms with Gasteiger partial charge >= 0.3 is 0 Å². The second-order valence-electron chi connectivity index (χ2n) is 4.48. The van der Waals surface area contributed by atoms with Gasteiger partial charge in [-0.25, -0.2) is 0 Å². The van der Waals surface area contributed by atoms with Gasteiger partial charge in [0.2, 0.25) is 5.91 Å². The lowest BCUT2D eigenvalue weighted by atomic mass is 9.87. The monoisotopic (exact) mass is 198 g/mol. The van der Waals surface area contributed by atoms with E-state index in [1.807, 2.05) is 6.92 Å². The summed E-state index contributed by atoms with van der Waals surface area (Å²) in [5.74, 6) is 0.843. The Balaban J connectivity index is 2.27. The summed E-state index contributed by atoms with van der Waals surface area (Å²) < 4.78 is 0. The molecule has 1 aliphatic carbocycles. The minimum atomic E-state index is -0.325. The van der Waals surface area contributed by atoms with E-state index in [4.69, 9.17) is 5.73 Å². The number of rotatable bonds is 3. The molecular weight excluding hydrogens is 176 g/mol. The fourth-order valence-corrected chi connectivity index (χ4v) is 1.90. The molecule has 1 amide bonds. The van der Waals surface area contributed by atoms with Gasteiger partial charge in [-0.05, 0) is 38.0 Å². The van der Waals surface area contributed by atoms with Crippen LogP contribution in [0.25, 0.3) is 0 Å². The zero-order chi connectivity index (χ0) is 10.6. The molecule has 0 radical (unpaired) electrons. The average molecular weight is 198 g/mol. The Morgan fingerprint density at radius 1 is 1.43 bits per heavy atom. The normalized spacial score (nSPS) is 29.6. The van der Waals surface area contributed by atoms with Crippen LogP contribution in [0.3, 0.4) is 0 Å². The van der Waals surface area contributed by atoms with Crippen molar-refractivity contribution in [1.29, 1.82) is 0 Å². The molecule has 0 aromatic heterocycles. The number of nitrogens with one attached hydrogen (secondary N) is 1. The summed E-state index contributed by atoms with van der Waals surface area (Å²) in [5.41, 5.74) is 5.65. The molecule has 3 heteroatoms. The fourth-order valence-electron chi connectivity index (χ4n) is 1.90. The van der Waals surface area contributed by atoms with Gasteiger partial charge in [-0.1, -0.05) is 13.8 Å². The summed E-state index contributed by atoms with van der Waals surface area (Å²) in [6.45, 7) is 4.21. The van der Waals surface area contributed by atoms with Crippen LogP contribution in [-0.2, 0) is 4.79 Å². The molecule has 0 heterocycles. The van der Waals surface area contributed by atoms with Crippen molar-refractivity contribution in [3.63, 3.8) is 0 Å². The maximum absolute atomic E-state index is 11.5. The fraction of sp³-hybridized carbons (Fsp3) is 0.909. The van der Waals surface area contributed by atoms with Crippen LogP contribution in [0.4, 0.5) is 0 Å². The Bertz CT molecular complexity index is 186. The van der Waals surface area contributed by atoms with E-state index in [2.05, 4.69) is 12.2 Å². The molecule has 3 N–H and O–H groups in total. The average Bonchev–Trinajstić information content (AvgIpc) is 2.20. The highest BCUT2D eigenvalue weighted by molar-refractivity contribution is 5.81. The minimum Gasteiger partial charge on any atom is -0.352 e. The predicted octanol–water partition coefficient (Wildman–Crippen LogP) is 1.42. The second kappa shape index (κ2) is 5.35. The van der Waals surface area contributed by atoms with E-state index in [0.29, 0.717) is 6.04 Å². The molecule has 82 valence electrons. The van der Waals surface area contributed by atoms with Gasteiger partial charge in [0.15, 0.2) is 0 Å². The van der Waals surface area contributed by atoms with Crippen molar-refractivity contribution < 1.29 is 4.79 Å². The van der Waals surface area contributed by atoms with Gasteiger partial charge in [0.05, 0.1) is 6.04 Å². The third-order valence-electron chi connectivity index (χ3n) is 3.14. The Morgan fingerprint density at radius 3 is 2.50 bits per heavy atom. The predicted molar refractivity (Wildman–Crippen MR) is 57.8 cm³/mol. The Labute approximate surface area is 86.4 Å². The summed E-state index contributed by atoms with van der Waals surface area (Å²) in [7, 11) is 0. The molecule has 1 aliphatic rings. The van der Waals surface area contributed by atoms with Crippen molar-refractivity contribution in [3.05, 3.63) is 0 Å². The topological polar surface area (TPSA) is 55.1 Å². The number of carbonyl (C=O) groups is 1. The lowest BCUT2D eigenvalue weighted by molar-refractivity contribution is -0.123. The van der Waals surface area contributed by atoms with Crippen LogP contribution in [0.1, 0.15) is 46.0 Å². The van der Waals surface area contributed by atoms with E-state index < -0.39 is 0 Å². The molecule has 1 saturated carbocycles. The summed E-state index contributed by atoms with van der Waals surface area (Å²) in [6.07, 6.45) is 5.40. The van der Waals surface area contributed by atoms with Crippen LogP contribution in [0.2, 0.25) is 0 Å². The van der Waals surface area contributed by atoms with Crippen molar-refractivity contribution in [2.24, 2.45) is 11.7 Å². The standard InChI is InChI=1S/C11H22N2O/c1-3-10(12)11(14)13-9-6-4-8(2)5-7-9/h8-10H,3-7,12H2,1-2H3,(H,13,14). The highest BCUT2D eigenvalue weighted by Crippen LogP contribution is 2.23. The van der Waals surface area contributed by atoms with Crippen LogP contribution in [0, 0.1) is 5.92 Å². The van der Waals surface area contributed by atoms with E-state index in [-0.39, 0.29) is 11.9 Å². The molecule has 0 saturated heterocycles. The van der Waals surface area contributed by atoms with Crippen LogP contribution in [-0.4, -0.2) is 18.0 Å². The lowest BCUT2D eigenvalue weighted by Crippen LogP contribution is -2.46. The van der Waals surface area contributed by atoms with Gasteiger partial charge in [-0.15, -0.1) is 0 Å². The van der Waals surface area contributed by atoms with Gasteiger partial charge in [0.1, 0.15) is 0 Å². The molecular formula is C11H22N2O. The van der Waals surface area contributed by atoms with Crippen molar-refractivity contribution in [3.8, 4) is 0 Å². The Morgan fingerprint density at radius 2 is 2.00 bits per heavy atom. The van der Waals surface area contributed by atoms with E-state index in [0.717, 1.165) is 25.2 Å². The molecule has 14 heavy (non-hydrogen) atoms. The van der Waals surface area contributed by atoms with Gasteiger partial charge in [0, 0.05) is 6.04 Å². The number of hydrogen-bond donors (Lipinski definition) is 2. The number of amides is 1. The molecule has 1 rings (SSSR count). The quantitative estimate of drug-likeness (QED) is 0.720.